The monoisotopic (exact) mass is 395 g/mol. The predicted octanol–water partition coefficient (Wildman–Crippen LogP) is 4.14. The van der Waals surface area contributed by atoms with Gasteiger partial charge in [-0.2, -0.15) is 0 Å². The molecular formula is C22H22FN3O3. The number of nitrogens with one attached hydrogen (secondary N) is 2. The third kappa shape index (κ3) is 5.22. The molecular weight excluding hydrogens is 373 g/mol. The Hall–Kier alpha value is -3.61. The lowest BCUT2D eigenvalue weighted by Gasteiger charge is -2.13. The Morgan fingerprint density at radius 2 is 1.69 bits per heavy atom. The summed E-state index contributed by atoms with van der Waals surface area (Å²) in [6.07, 6.45) is 2.31. The molecule has 2 N–H and O–H groups in total. The molecule has 29 heavy (non-hydrogen) atoms. The number of hydrogen-bond acceptors (Lipinski definition) is 5. The molecule has 3 rings (SSSR count). The first-order valence-corrected chi connectivity index (χ1v) is 9.07. The summed E-state index contributed by atoms with van der Waals surface area (Å²) >= 11 is 0. The number of anilines is 2. The second kappa shape index (κ2) is 9.54. The molecule has 1 heterocycles. The number of methoxy groups -OCH3 is 2. The number of rotatable bonds is 8. The highest BCUT2D eigenvalue weighted by Gasteiger charge is 2.18. The Kier molecular flexibility index (Phi) is 6.63. The van der Waals surface area contributed by atoms with Crippen molar-refractivity contribution in [3.63, 3.8) is 0 Å². The number of nitrogens with zero attached hydrogens (tertiary/aromatic N) is 1. The van der Waals surface area contributed by atoms with E-state index < -0.39 is 0 Å². The fourth-order valence-corrected chi connectivity index (χ4v) is 2.83. The Balaban J connectivity index is 1.59. The zero-order chi connectivity index (χ0) is 20.6. The van der Waals surface area contributed by atoms with Crippen molar-refractivity contribution >= 4 is 17.4 Å². The van der Waals surface area contributed by atoms with Gasteiger partial charge in [0.2, 0.25) is 0 Å². The second-order valence-electron chi connectivity index (χ2n) is 6.23. The van der Waals surface area contributed by atoms with Gasteiger partial charge in [-0.05, 0) is 48.4 Å². The molecule has 2 aromatic carbocycles. The molecule has 1 aromatic heterocycles. The molecule has 7 heteroatoms. The molecule has 6 nitrogen and oxygen atoms in total. The molecule has 0 saturated heterocycles. The molecule has 0 aliphatic carbocycles. The van der Waals surface area contributed by atoms with Gasteiger partial charge in [-0.1, -0.05) is 18.2 Å². The zero-order valence-electron chi connectivity index (χ0n) is 16.2. The molecule has 0 spiro atoms. The average molecular weight is 395 g/mol. The smallest absolute Gasteiger partial charge is 0.263 e. The van der Waals surface area contributed by atoms with Gasteiger partial charge in [0.25, 0.3) is 5.91 Å². The van der Waals surface area contributed by atoms with E-state index in [1.54, 1.807) is 48.7 Å². The van der Waals surface area contributed by atoms with Crippen LogP contribution in [0.15, 0.2) is 60.8 Å². The summed E-state index contributed by atoms with van der Waals surface area (Å²) in [4.78, 5) is 17.0. The molecule has 0 atom stereocenters. The number of aromatic nitrogens is 1. The molecule has 0 bridgehead atoms. The average Bonchev–Trinajstić information content (AvgIpc) is 2.75. The van der Waals surface area contributed by atoms with Gasteiger partial charge >= 0.3 is 0 Å². The van der Waals surface area contributed by atoms with E-state index in [1.807, 2.05) is 0 Å². The number of carbonyl (C=O) groups is 1. The fraction of sp³-hybridized carbons (Fsp3) is 0.182. The Bertz CT molecular complexity index is 938. The van der Waals surface area contributed by atoms with Gasteiger partial charge in [-0.25, -0.2) is 9.37 Å². The molecule has 0 aliphatic heterocycles. The first kappa shape index (κ1) is 20.1. The third-order valence-corrected chi connectivity index (χ3v) is 4.31. The second-order valence-corrected chi connectivity index (χ2v) is 6.23. The summed E-state index contributed by atoms with van der Waals surface area (Å²) in [5, 5.41) is 6.00. The van der Waals surface area contributed by atoms with Crippen molar-refractivity contribution < 1.29 is 18.7 Å². The van der Waals surface area contributed by atoms with Gasteiger partial charge in [-0.15, -0.1) is 0 Å². The highest BCUT2D eigenvalue weighted by Crippen LogP contribution is 2.29. The van der Waals surface area contributed by atoms with Crippen LogP contribution in [0.3, 0.4) is 0 Å². The lowest BCUT2D eigenvalue weighted by molar-refractivity contribution is 0.102. The summed E-state index contributed by atoms with van der Waals surface area (Å²) in [5.74, 6) is 0.938. The van der Waals surface area contributed by atoms with Crippen molar-refractivity contribution in [1.82, 2.24) is 4.98 Å². The van der Waals surface area contributed by atoms with Crippen LogP contribution >= 0.6 is 0 Å². The highest BCUT2D eigenvalue weighted by atomic mass is 19.1. The maximum Gasteiger partial charge on any atom is 0.263 e. The number of pyridine rings is 1. The summed E-state index contributed by atoms with van der Waals surface area (Å²) < 4.78 is 23.5. The van der Waals surface area contributed by atoms with Crippen molar-refractivity contribution in [2.75, 3.05) is 31.4 Å². The number of halogens is 1. The van der Waals surface area contributed by atoms with E-state index in [0.717, 1.165) is 12.0 Å². The molecule has 0 unspecified atom stereocenters. The minimum absolute atomic E-state index is 0.244. The van der Waals surface area contributed by atoms with Crippen LogP contribution in [0.25, 0.3) is 0 Å². The van der Waals surface area contributed by atoms with Crippen molar-refractivity contribution in [2.45, 2.75) is 6.42 Å². The quantitative estimate of drug-likeness (QED) is 0.600. The maximum atomic E-state index is 12.9. The molecule has 0 fully saturated rings. The van der Waals surface area contributed by atoms with E-state index in [-0.39, 0.29) is 11.7 Å². The van der Waals surface area contributed by atoms with Crippen LogP contribution in [0.4, 0.5) is 15.9 Å². The van der Waals surface area contributed by atoms with Crippen LogP contribution in [0.5, 0.6) is 11.5 Å². The Labute approximate surface area is 168 Å². The molecule has 150 valence electrons. The first-order valence-electron chi connectivity index (χ1n) is 9.07. The molecule has 3 aromatic rings. The largest absolute Gasteiger partial charge is 0.496 e. The lowest BCUT2D eigenvalue weighted by Crippen LogP contribution is -2.15. The van der Waals surface area contributed by atoms with E-state index >= 15 is 0 Å². The lowest BCUT2D eigenvalue weighted by atomic mass is 10.1. The summed E-state index contributed by atoms with van der Waals surface area (Å²) in [6.45, 7) is 0.656. The van der Waals surface area contributed by atoms with Gasteiger partial charge in [0.15, 0.2) is 0 Å². The Morgan fingerprint density at radius 1 is 1.00 bits per heavy atom. The number of benzene rings is 2. The number of hydrogen-bond donors (Lipinski definition) is 2. The van der Waals surface area contributed by atoms with E-state index in [9.17, 15) is 9.18 Å². The van der Waals surface area contributed by atoms with Crippen LogP contribution in [0.2, 0.25) is 0 Å². The van der Waals surface area contributed by atoms with Gasteiger partial charge in [0.05, 0.1) is 26.1 Å². The van der Waals surface area contributed by atoms with Crippen LogP contribution in [-0.2, 0) is 6.42 Å². The summed E-state index contributed by atoms with van der Waals surface area (Å²) in [7, 11) is 3.00. The van der Waals surface area contributed by atoms with Crippen LogP contribution < -0.4 is 20.1 Å². The number of carbonyl (C=O) groups excluding carboxylic acids is 1. The van der Waals surface area contributed by atoms with Gasteiger partial charge in [-0.3, -0.25) is 4.79 Å². The minimum Gasteiger partial charge on any atom is -0.496 e. The van der Waals surface area contributed by atoms with Gasteiger partial charge in [0.1, 0.15) is 28.7 Å². The predicted molar refractivity (Wildman–Crippen MR) is 110 cm³/mol. The summed E-state index contributed by atoms with van der Waals surface area (Å²) in [6, 6.07) is 15.1. The van der Waals surface area contributed by atoms with Crippen molar-refractivity contribution in [1.29, 1.82) is 0 Å². The standard InChI is InChI=1S/C22H22FN3O3/c1-28-18-4-3-5-19(29-2)21(18)22(27)26-17-10-11-20(25-14-17)24-13-12-15-6-8-16(23)9-7-15/h3-11,14H,12-13H2,1-2H3,(H,24,25)(H,26,27). The first-order chi connectivity index (χ1) is 14.1. The topological polar surface area (TPSA) is 72.5 Å². The summed E-state index contributed by atoms with van der Waals surface area (Å²) in [5.41, 5.74) is 1.90. The van der Waals surface area contributed by atoms with Crippen LogP contribution in [0.1, 0.15) is 15.9 Å². The molecule has 0 radical (unpaired) electrons. The molecule has 1 amide bonds. The van der Waals surface area contributed by atoms with E-state index in [2.05, 4.69) is 15.6 Å². The van der Waals surface area contributed by atoms with Crippen molar-refractivity contribution in [3.05, 3.63) is 77.7 Å². The van der Waals surface area contributed by atoms with Crippen LogP contribution in [-0.4, -0.2) is 31.7 Å². The van der Waals surface area contributed by atoms with E-state index in [1.165, 1.54) is 26.4 Å². The van der Waals surface area contributed by atoms with E-state index in [0.29, 0.717) is 35.1 Å². The highest BCUT2D eigenvalue weighted by molar-refractivity contribution is 6.08. The SMILES string of the molecule is COc1cccc(OC)c1C(=O)Nc1ccc(NCCc2ccc(F)cc2)nc1. The van der Waals surface area contributed by atoms with Crippen LogP contribution in [0, 0.1) is 5.82 Å². The molecule has 0 saturated carbocycles. The van der Waals surface area contributed by atoms with Gasteiger partial charge in [0, 0.05) is 6.54 Å². The number of amides is 1. The van der Waals surface area contributed by atoms with E-state index in [4.69, 9.17) is 9.47 Å². The fourth-order valence-electron chi connectivity index (χ4n) is 2.83. The Morgan fingerprint density at radius 3 is 2.28 bits per heavy atom. The zero-order valence-corrected chi connectivity index (χ0v) is 16.2. The minimum atomic E-state index is -0.349. The normalized spacial score (nSPS) is 10.3. The number of ether oxygens (including phenoxy) is 2. The third-order valence-electron chi connectivity index (χ3n) is 4.31. The van der Waals surface area contributed by atoms with Crippen molar-refractivity contribution in [3.8, 4) is 11.5 Å². The maximum absolute atomic E-state index is 12.9. The molecule has 0 aliphatic rings. The van der Waals surface area contributed by atoms with Gasteiger partial charge < -0.3 is 20.1 Å². The van der Waals surface area contributed by atoms with Crippen molar-refractivity contribution in [2.24, 2.45) is 0 Å².